The Kier molecular flexibility index (Phi) is 8.52. The first kappa shape index (κ1) is 22.3. The number of carbonyl (C=O) groups is 1. The van der Waals surface area contributed by atoms with Crippen molar-refractivity contribution in [2.24, 2.45) is 11.8 Å². The minimum absolute atomic E-state index is 0.0336. The Balaban J connectivity index is 1.45. The summed E-state index contributed by atoms with van der Waals surface area (Å²) >= 11 is 0. The van der Waals surface area contributed by atoms with Gasteiger partial charge < -0.3 is 19.7 Å². The van der Waals surface area contributed by atoms with E-state index in [9.17, 15) is 15.0 Å². The maximum atomic E-state index is 11.8. The fraction of sp³-hybridized carbons (Fsp3) is 0.708. The molecule has 2 N–H and O–H groups in total. The van der Waals surface area contributed by atoms with E-state index < -0.39 is 0 Å². The van der Waals surface area contributed by atoms with Crippen LogP contribution in [0, 0.1) is 11.8 Å². The zero-order valence-electron chi connectivity index (χ0n) is 17.5. The first-order valence-corrected chi connectivity index (χ1v) is 11.3. The van der Waals surface area contributed by atoms with E-state index in [0.717, 1.165) is 38.5 Å². The highest BCUT2D eigenvalue weighted by molar-refractivity contribution is 5.69. The van der Waals surface area contributed by atoms with E-state index in [2.05, 4.69) is 12.1 Å². The van der Waals surface area contributed by atoms with Gasteiger partial charge in [-0.05, 0) is 62.3 Å². The Hall–Kier alpha value is -1.43. The van der Waals surface area contributed by atoms with E-state index in [-0.39, 0.29) is 42.2 Å². The summed E-state index contributed by atoms with van der Waals surface area (Å²) in [5.41, 5.74) is 1.24. The molecule has 1 heterocycles. The highest BCUT2D eigenvalue weighted by Gasteiger charge is 2.44. The highest BCUT2D eigenvalue weighted by Crippen LogP contribution is 2.42. The van der Waals surface area contributed by atoms with Crippen molar-refractivity contribution in [2.75, 3.05) is 6.61 Å². The molecule has 0 radical (unpaired) electrons. The summed E-state index contributed by atoms with van der Waals surface area (Å²) in [4.78, 5) is 11.8. The molecule has 0 amide bonds. The number of aryl methyl sites for hydroxylation is 1. The largest absolute Gasteiger partial charge is 0.460 e. The smallest absolute Gasteiger partial charge is 0.306 e. The van der Waals surface area contributed by atoms with Crippen LogP contribution >= 0.6 is 0 Å². The number of hydrogen-bond acceptors (Lipinski definition) is 5. The summed E-state index contributed by atoms with van der Waals surface area (Å²) in [6.45, 7) is 2.39. The molecule has 1 aliphatic heterocycles. The molecule has 5 nitrogen and oxygen atoms in total. The summed E-state index contributed by atoms with van der Waals surface area (Å²) in [6, 6.07) is 10.2. The summed E-state index contributed by atoms with van der Waals surface area (Å²) in [6.07, 6.45) is 5.83. The normalized spacial score (nSPS) is 30.4. The first-order valence-electron chi connectivity index (χ1n) is 11.3. The zero-order chi connectivity index (χ0) is 20.6. The molecule has 2 fully saturated rings. The van der Waals surface area contributed by atoms with Gasteiger partial charge in [-0.25, -0.2) is 0 Å². The molecule has 29 heavy (non-hydrogen) atoms. The van der Waals surface area contributed by atoms with Gasteiger partial charge in [0.1, 0.15) is 6.10 Å². The van der Waals surface area contributed by atoms with Crippen LogP contribution in [-0.2, 0) is 20.7 Å². The fourth-order valence-electron chi connectivity index (χ4n) is 4.89. The first-order chi connectivity index (χ1) is 14.1. The van der Waals surface area contributed by atoms with Crippen molar-refractivity contribution in [3.8, 4) is 0 Å². The van der Waals surface area contributed by atoms with Crippen LogP contribution in [0.5, 0.6) is 0 Å². The number of carbonyl (C=O) groups excluding carboxylic acids is 1. The summed E-state index contributed by atoms with van der Waals surface area (Å²) in [7, 11) is 0. The summed E-state index contributed by atoms with van der Waals surface area (Å²) < 4.78 is 11.6. The molecule has 1 saturated heterocycles. The number of aliphatic hydroxyl groups is 2. The average Bonchev–Trinajstić information content (AvgIpc) is 2.88. The second kappa shape index (κ2) is 11.1. The van der Waals surface area contributed by atoms with Crippen LogP contribution in [-0.4, -0.2) is 47.2 Å². The quantitative estimate of drug-likeness (QED) is 0.615. The molecule has 2 aliphatic rings. The number of aliphatic hydroxyl groups excluding tert-OH is 2. The monoisotopic (exact) mass is 404 g/mol. The van der Waals surface area contributed by atoms with Gasteiger partial charge in [0, 0.05) is 12.8 Å². The SMILES string of the molecule is CCCC(=O)OC1CCC2C(CC[C@@H](O)CCc3ccccc3)C(O)C[C@@H]2OC1. The standard InChI is InChI=1S/C24H36O5/c1-2-6-24(27)29-19-12-14-21-20(22(26)15-23(21)28-16-19)13-11-18(25)10-9-17-7-4-3-5-8-17/h3-5,7-8,18-23,25-26H,2,6,9-16H2,1H3/t18-,19?,20?,21?,22?,23-/m0/s1. The number of rotatable bonds is 9. The molecule has 3 rings (SSSR count). The van der Waals surface area contributed by atoms with Crippen molar-refractivity contribution in [1.29, 1.82) is 0 Å². The van der Waals surface area contributed by atoms with Crippen molar-refractivity contribution >= 4 is 5.97 Å². The van der Waals surface area contributed by atoms with E-state index in [4.69, 9.17) is 9.47 Å². The predicted molar refractivity (Wildman–Crippen MR) is 111 cm³/mol. The maximum absolute atomic E-state index is 11.8. The fourth-order valence-corrected chi connectivity index (χ4v) is 4.89. The van der Waals surface area contributed by atoms with E-state index >= 15 is 0 Å². The van der Waals surface area contributed by atoms with Crippen LogP contribution in [0.25, 0.3) is 0 Å². The topological polar surface area (TPSA) is 76.0 Å². The summed E-state index contributed by atoms with van der Waals surface area (Å²) in [5.74, 6) is 0.281. The lowest BCUT2D eigenvalue weighted by molar-refractivity contribution is -0.152. The third-order valence-corrected chi connectivity index (χ3v) is 6.51. The molecule has 0 aromatic heterocycles. The number of ether oxygens (including phenoxy) is 2. The van der Waals surface area contributed by atoms with Crippen LogP contribution in [0.2, 0.25) is 0 Å². The molecular formula is C24H36O5. The van der Waals surface area contributed by atoms with Crippen molar-refractivity contribution in [3.63, 3.8) is 0 Å². The Morgan fingerprint density at radius 2 is 2.03 bits per heavy atom. The lowest BCUT2D eigenvalue weighted by Crippen LogP contribution is -2.24. The van der Waals surface area contributed by atoms with Gasteiger partial charge in [0.15, 0.2) is 0 Å². The van der Waals surface area contributed by atoms with Gasteiger partial charge in [-0.3, -0.25) is 4.79 Å². The van der Waals surface area contributed by atoms with E-state index in [1.165, 1.54) is 5.56 Å². The molecule has 0 bridgehead atoms. The van der Waals surface area contributed by atoms with Crippen molar-refractivity contribution in [2.45, 2.75) is 89.1 Å². The highest BCUT2D eigenvalue weighted by atomic mass is 16.6. The summed E-state index contributed by atoms with van der Waals surface area (Å²) in [5, 5.41) is 21.0. The second-order valence-corrected chi connectivity index (χ2v) is 8.70. The molecule has 1 aromatic rings. The number of hydrogen-bond donors (Lipinski definition) is 2. The molecule has 4 unspecified atom stereocenters. The molecule has 1 saturated carbocycles. The van der Waals surface area contributed by atoms with Gasteiger partial charge in [-0.1, -0.05) is 37.3 Å². The van der Waals surface area contributed by atoms with Crippen LogP contribution in [0.15, 0.2) is 30.3 Å². The van der Waals surface area contributed by atoms with Gasteiger partial charge in [0.05, 0.1) is 24.9 Å². The third kappa shape index (κ3) is 6.53. The predicted octanol–water partition coefficient (Wildman–Crippen LogP) is 3.65. The van der Waals surface area contributed by atoms with E-state index in [1.807, 2.05) is 25.1 Å². The zero-order valence-corrected chi connectivity index (χ0v) is 17.5. The minimum Gasteiger partial charge on any atom is -0.460 e. The van der Waals surface area contributed by atoms with Gasteiger partial charge in [0.25, 0.3) is 0 Å². The number of benzene rings is 1. The van der Waals surface area contributed by atoms with Gasteiger partial charge >= 0.3 is 5.97 Å². The van der Waals surface area contributed by atoms with Gasteiger partial charge in [-0.15, -0.1) is 0 Å². The Morgan fingerprint density at radius 1 is 1.24 bits per heavy atom. The molecule has 0 spiro atoms. The van der Waals surface area contributed by atoms with Crippen LogP contribution in [0.4, 0.5) is 0 Å². The molecule has 5 heteroatoms. The number of esters is 1. The molecule has 162 valence electrons. The minimum atomic E-state index is -0.370. The van der Waals surface area contributed by atoms with Crippen molar-refractivity contribution in [3.05, 3.63) is 35.9 Å². The Bertz CT molecular complexity index is 619. The number of fused-ring (bicyclic) bond motifs is 1. The Labute approximate surface area is 174 Å². The van der Waals surface area contributed by atoms with Gasteiger partial charge in [0.2, 0.25) is 0 Å². The van der Waals surface area contributed by atoms with E-state index in [0.29, 0.717) is 25.9 Å². The maximum Gasteiger partial charge on any atom is 0.306 e. The second-order valence-electron chi connectivity index (χ2n) is 8.70. The molecule has 1 aromatic carbocycles. The average molecular weight is 405 g/mol. The molecular weight excluding hydrogens is 368 g/mol. The van der Waals surface area contributed by atoms with Crippen molar-refractivity contribution < 1.29 is 24.5 Å². The lowest BCUT2D eigenvalue weighted by atomic mass is 9.85. The van der Waals surface area contributed by atoms with E-state index in [1.54, 1.807) is 0 Å². The van der Waals surface area contributed by atoms with Crippen LogP contribution < -0.4 is 0 Å². The lowest BCUT2D eigenvalue weighted by Gasteiger charge is -2.24. The molecule has 1 aliphatic carbocycles. The van der Waals surface area contributed by atoms with Gasteiger partial charge in [-0.2, -0.15) is 0 Å². The third-order valence-electron chi connectivity index (χ3n) is 6.51. The van der Waals surface area contributed by atoms with Crippen LogP contribution in [0.3, 0.4) is 0 Å². The Morgan fingerprint density at radius 3 is 2.79 bits per heavy atom. The van der Waals surface area contributed by atoms with Crippen LogP contribution in [0.1, 0.15) is 63.9 Å². The molecule has 6 atom stereocenters. The van der Waals surface area contributed by atoms with Crippen molar-refractivity contribution in [1.82, 2.24) is 0 Å².